The number of nitrogens with two attached hydrogens (primary N) is 3. The molecule has 63 heavy (non-hydrogen) atoms. The van der Waals surface area contributed by atoms with E-state index in [1.165, 1.54) is 6.92 Å². The summed E-state index contributed by atoms with van der Waals surface area (Å²) in [5, 5.41) is 64.8. The molecule has 28 heteroatoms. The number of carbonyl (C=O) groups excluding carboxylic acids is 9. The van der Waals surface area contributed by atoms with Crippen molar-refractivity contribution in [2.45, 2.75) is 127 Å². The second-order valence-corrected chi connectivity index (χ2v) is 14.2. The van der Waals surface area contributed by atoms with E-state index in [-0.39, 0.29) is 32.2 Å². The number of rotatable bonds is 31. The smallest absolute Gasteiger partial charge is 0.328 e. The zero-order valence-electron chi connectivity index (χ0n) is 34.8. The maximum Gasteiger partial charge on any atom is 0.328 e. The minimum Gasteiger partial charge on any atom is -0.481 e. The van der Waals surface area contributed by atoms with Crippen LogP contribution in [0.15, 0.2) is 0 Å². The number of carboxylic acids is 3. The number of hydrogen-bond donors (Lipinski definition) is 16. The van der Waals surface area contributed by atoms with Gasteiger partial charge in [-0.25, -0.2) is 4.79 Å². The summed E-state index contributed by atoms with van der Waals surface area (Å²) < 4.78 is 0. The van der Waals surface area contributed by atoms with Gasteiger partial charge in [-0.2, -0.15) is 0 Å². The van der Waals surface area contributed by atoms with Crippen LogP contribution in [0.1, 0.15) is 72.1 Å². The third kappa shape index (κ3) is 22.8. The highest BCUT2D eigenvalue weighted by atomic mass is 16.4. The fourth-order valence-electron chi connectivity index (χ4n) is 5.12. The van der Waals surface area contributed by atoms with Crippen molar-refractivity contribution in [3.05, 3.63) is 0 Å². The molecule has 0 saturated carbocycles. The highest BCUT2D eigenvalue weighted by Crippen LogP contribution is 2.06. The summed E-state index contributed by atoms with van der Waals surface area (Å²) in [6.45, 7) is 1.69. The Morgan fingerprint density at radius 1 is 0.556 bits per heavy atom. The van der Waals surface area contributed by atoms with Crippen molar-refractivity contribution in [3.8, 4) is 0 Å². The number of aliphatic carboxylic acids is 3. The molecular formula is C35H59N11O17. The molecular weight excluding hydrogens is 846 g/mol. The van der Waals surface area contributed by atoms with E-state index in [1.807, 2.05) is 10.6 Å². The number of carbonyl (C=O) groups is 12. The van der Waals surface area contributed by atoms with Crippen molar-refractivity contribution in [2.24, 2.45) is 17.2 Å². The lowest BCUT2D eigenvalue weighted by Crippen LogP contribution is -2.60. The summed E-state index contributed by atoms with van der Waals surface area (Å²) in [7, 11) is 0. The lowest BCUT2D eigenvalue weighted by Gasteiger charge is -2.26. The molecule has 0 rings (SSSR count). The van der Waals surface area contributed by atoms with Crippen molar-refractivity contribution in [1.82, 2.24) is 42.5 Å². The molecule has 0 aliphatic rings. The lowest BCUT2D eigenvalue weighted by molar-refractivity contribution is -0.145. The summed E-state index contributed by atoms with van der Waals surface area (Å²) in [6.07, 6.45) is -3.61. The van der Waals surface area contributed by atoms with Gasteiger partial charge in [0, 0.05) is 12.8 Å². The highest BCUT2D eigenvalue weighted by Gasteiger charge is 2.34. The van der Waals surface area contributed by atoms with Gasteiger partial charge in [-0.1, -0.05) is 0 Å². The van der Waals surface area contributed by atoms with Crippen LogP contribution >= 0.6 is 0 Å². The first-order chi connectivity index (χ1) is 29.3. The van der Waals surface area contributed by atoms with Crippen LogP contribution in [-0.4, -0.2) is 171 Å². The quantitative estimate of drug-likeness (QED) is 0.0287. The van der Waals surface area contributed by atoms with Gasteiger partial charge in [0.05, 0.1) is 31.7 Å². The van der Waals surface area contributed by atoms with Crippen LogP contribution in [0.5, 0.6) is 0 Å². The second kappa shape index (κ2) is 28.9. The number of aliphatic hydroxyl groups is 2. The molecule has 0 aromatic rings. The van der Waals surface area contributed by atoms with Gasteiger partial charge in [-0.15, -0.1) is 0 Å². The van der Waals surface area contributed by atoms with Crippen LogP contribution in [0.3, 0.4) is 0 Å². The van der Waals surface area contributed by atoms with Gasteiger partial charge in [-0.05, 0) is 59.4 Å². The van der Waals surface area contributed by atoms with Crippen LogP contribution in [-0.2, 0) is 57.5 Å². The molecule has 0 radical (unpaired) electrons. The van der Waals surface area contributed by atoms with E-state index in [1.54, 1.807) is 0 Å². The van der Waals surface area contributed by atoms with Gasteiger partial charge in [-0.3, -0.25) is 52.7 Å². The Morgan fingerprint density at radius 2 is 1.06 bits per heavy atom. The Morgan fingerprint density at radius 3 is 1.59 bits per heavy atom. The minimum absolute atomic E-state index is 0.0518. The molecule has 0 aliphatic heterocycles. The predicted molar refractivity (Wildman–Crippen MR) is 213 cm³/mol. The number of aliphatic hydroxyl groups excluding tert-OH is 2. The normalized spacial score (nSPS) is 15.1. The fraction of sp³-hybridized carbons (Fsp3) is 0.657. The molecule has 0 aliphatic carbocycles. The monoisotopic (exact) mass is 905 g/mol. The maximum atomic E-state index is 13.2. The first kappa shape index (κ1) is 56.5. The van der Waals surface area contributed by atoms with E-state index in [9.17, 15) is 78.0 Å². The molecule has 0 unspecified atom stereocenters. The number of hydrogen-bond acceptors (Lipinski definition) is 16. The Bertz CT molecular complexity index is 1660. The van der Waals surface area contributed by atoms with E-state index >= 15 is 0 Å². The largest absolute Gasteiger partial charge is 0.481 e. The van der Waals surface area contributed by atoms with Gasteiger partial charge in [0.25, 0.3) is 0 Å². The number of nitrogens with one attached hydrogen (secondary N) is 8. The van der Waals surface area contributed by atoms with Gasteiger partial charge < -0.3 is 85.3 Å². The molecule has 9 amide bonds. The van der Waals surface area contributed by atoms with E-state index in [2.05, 4.69) is 31.9 Å². The SMILES string of the molecule is C[C@H](NC(=O)[C@H](CC(=O)O)NC(=O)[C@H](CO)NC(=O)[C@H](CCC(=O)O)NC(=O)CNC(=O)[C@H](C)NC(=O)[C@@H](N)CCC(N)=O)C(=O)N[C@@H](CCCCN)C(=O)N[C@H](C(=O)O)[C@@H](C)O. The molecule has 0 fully saturated rings. The van der Waals surface area contributed by atoms with Crippen LogP contribution < -0.4 is 59.7 Å². The molecule has 9 atom stereocenters. The van der Waals surface area contributed by atoms with Crippen LogP contribution in [0, 0.1) is 0 Å². The fourth-order valence-corrected chi connectivity index (χ4v) is 5.12. The Hall–Kier alpha value is -6.52. The molecule has 0 saturated heterocycles. The summed E-state index contributed by atoms with van der Waals surface area (Å²) in [5.41, 5.74) is 16.2. The number of primary amides is 1. The second-order valence-electron chi connectivity index (χ2n) is 14.2. The molecule has 0 spiro atoms. The van der Waals surface area contributed by atoms with E-state index in [0.29, 0.717) is 6.42 Å². The minimum atomic E-state index is -1.97. The number of carboxylic acid groups (broad SMARTS) is 3. The Kier molecular flexibility index (Phi) is 25.9. The van der Waals surface area contributed by atoms with Crippen molar-refractivity contribution < 1.29 is 83.1 Å². The first-order valence-corrected chi connectivity index (χ1v) is 19.4. The van der Waals surface area contributed by atoms with Crippen LogP contribution in [0.2, 0.25) is 0 Å². The van der Waals surface area contributed by atoms with Crippen molar-refractivity contribution in [3.63, 3.8) is 0 Å². The molecule has 0 bridgehead atoms. The predicted octanol–water partition coefficient (Wildman–Crippen LogP) is -7.95. The summed E-state index contributed by atoms with van der Waals surface area (Å²) in [5.74, 6) is -14.0. The summed E-state index contributed by atoms with van der Waals surface area (Å²) in [6, 6.07) is -12.7. The average Bonchev–Trinajstić information content (AvgIpc) is 3.19. The standard InChI is InChI=1S/C35H59N11O17/c1-15(40-30(57)18(37)7-9-23(38)49)28(55)39-13-24(50)42-20(8-10-25(51)52)31(58)45-22(14-47)34(61)44-21(12-26(53)54)33(60)41-16(2)29(56)43-19(6-4-5-11-36)32(59)46-27(17(3)48)35(62)63/h15-22,27,47-48H,4-14,36-37H2,1-3H3,(H2,38,49)(H,39,55)(H,40,57)(H,41,60)(H,42,50)(H,43,56)(H,44,61)(H,45,58)(H,46,59)(H,51,52)(H,53,54)(H,62,63)/t15-,16-,17+,18-,19-,20-,21-,22-,27-/m0/s1. The van der Waals surface area contributed by atoms with E-state index < -0.39 is 158 Å². The molecule has 356 valence electrons. The summed E-state index contributed by atoms with van der Waals surface area (Å²) in [4.78, 5) is 148. The number of unbranched alkanes of at least 4 members (excludes halogenated alkanes) is 1. The van der Waals surface area contributed by atoms with Crippen molar-refractivity contribution >= 4 is 71.1 Å². The van der Waals surface area contributed by atoms with Gasteiger partial charge in [0.2, 0.25) is 53.2 Å². The molecule has 0 heterocycles. The van der Waals surface area contributed by atoms with E-state index in [0.717, 1.165) is 13.8 Å². The van der Waals surface area contributed by atoms with Crippen LogP contribution in [0.25, 0.3) is 0 Å². The lowest BCUT2D eigenvalue weighted by atomic mass is 10.1. The Labute approximate surface area is 359 Å². The zero-order chi connectivity index (χ0) is 48.6. The highest BCUT2D eigenvalue weighted by molar-refractivity contribution is 5.98. The van der Waals surface area contributed by atoms with E-state index in [4.69, 9.17) is 22.3 Å². The molecule has 19 N–H and O–H groups in total. The zero-order valence-corrected chi connectivity index (χ0v) is 34.8. The average molecular weight is 906 g/mol. The van der Waals surface area contributed by atoms with Crippen LogP contribution in [0.4, 0.5) is 0 Å². The Balaban J connectivity index is 5.80. The van der Waals surface area contributed by atoms with Gasteiger partial charge in [0.1, 0.15) is 36.3 Å². The van der Waals surface area contributed by atoms with Gasteiger partial charge in [0.15, 0.2) is 6.04 Å². The van der Waals surface area contributed by atoms with Crippen molar-refractivity contribution in [2.75, 3.05) is 19.7 Å². The molecule has 0 aromatic heterocycles. The molecule has 0 aromatic carbocycles. The topological polar surface area (TPSA) is 480 Å². The van der Waals surface area contributed by atoms with Crippen molar-refractivity contribution in [1.29, 1.82) is 0 Å². The van der Waals surface area contributed by atoms with Gasteiger partial charge >= 0.3 is 17.9 Å². The summed E-state index contributed by atoms with van der Waals surface area (Å²) >= 11 is 0. The first-order valence-electron chi connectivity index (χ1n) is 19.4. The third-order valence-electron chi connectivity index (χ3n) is 8.72. The third-order valence-corrected chi connectivity index (χ3v) is 8.72. The molecule has 28 nitrogen and oxygen atoms in total. The number of amides is 9. The maximum absolute atomic E-state index is 13.2.